The molecule has 1 N–H and O–H groups in total. The van der Waals surface area contributed by atoms with E-state index in [1.165, 1.54) is 0 Å². The zero-order chi connectivity index (χ0) is 17.7. The number of hydrogen-bond acceptors (Lipinski definition) is 2. The first kappa shape index (κ1) is 16.2. The summed E-state index contributed by atoms with van der Waals surface area (Å²) >= 11 is 0. The number of rotatable bonds is 1. The van der Waals surface area contributed by atoms with Crippen LogP contribution in [0, 0.1) is 5.82 Å². The molecular weight excluding hydrogens is 343 g/mol. The van der Waals surface area contributed by atoms with Gasteiger partial charge in [-0.15, -0.1) is 0 Å². The number of aromatic nitrogens is 3. The molecule has 2 heterocycles. The minimum Gasteiger partial charge on any atom is -0.323 e. The molecule has 0 saturated carbocycles. The molecule has 0 fully saturated rings. The highest BCUT2D eigenvalue weighted by Gasteiger charge is 2.32. The lowest BCUT2D eigenvalue weighted by molar-refractivity contribution is -0.138. The van der Waals surface area contributed by atoms with Gasteiger partial charge in [-0.05, 0) is 24.3 Å². The summed E-state index contributed by atoms with van der Waals surface area (Å²) in [5, 5.41) is 0. The van der Waals surface area contributed by atoms with Gasteiger partial charge >= 0.3 is 12.4 Å². The van der Waals surface area contributed by atoms with Crippen LogP contribution in [0.4, 0.5) is 30.7 Å². The van der Waals surface area contributed by atoms with Crippen molar-refractivity contribution in [1.29, 1.82) is 0 Å². The second kappa shape index (κ2) is 5.18. The molecule has 0 amide bonds. The molecule has 3 rings (SSSR count). The van der Waals surface area contributed by atoms with Gasteiger partial charge in [0.15, 0.2) is 5.65 Å². The van der Waals surface area contributed by atoms with Crippen LogP contribution in [0.2, 0.25) is 0 Å². The van der Waals surface area contributed by atoms with Crippen molar-refractivity contribution in [2.24, 2.45) is 0 Å². The summed E-state index contributed by atoms with van der Waals surface area (Å²) in [7, 11) is 0. The zero-order valence-corrected chi connectivity index (χ0v) is 11.4. The van der Waals surface area contributed by atoms with Crippen molar-refractivity contribution in [2.75, 3.05) is 0 Å². The number of nitrogens with zero attached hydrogens (tertiary/aromatic N) is 2. The first-order valence-electron chi connectivity index (χ1n) is 6.36. The molecule has 2 aromatic heterocycles. The predicted octanol–water partition coefficient (Wildman–Crippen LogP) is 4.80. The van der Waals surface area contributed by atoms with Crippen molar-refractivity contribution in [2.45, 2.75) is 12.4 Å². The lowest BCUT2D eigenvalue weighted by Crippen LogP contribution is -2.05. The van der Waals surface area contributed by atoms with Crippen LogP contribution >= 0.6 is 0 Å². The highest BCUT2D eigenvalue weighted by Crippen LogP contribution is 2.33. The smallest absolute Gasteiger partial charge is 0.323 e. The second-order valence-corrected chi connectivity index (χ2v) is 4.87. The number of halogens is 7. The van der Waals surface area contributed by atoms with Crippen LogP contribution in [0.3, 0.4) is 0 Å². The van der Waals surface area contributed by atoms with Gasteiger partial charge in [0.2, 0.25) is 0 Å². The van der Waals surface area contributed by atoms with Crippen molar-refractivity contribution in [3.63, 3.8) is 0 Å². The fourth-order valence-corrected chi connectivity index (χ4v) is 2.06. The van der Waals surface area contributed by atoms with E-state index < -0.39 is 29.3 Å². The van der Waals surface area contributed by atoms with E-state index in [1.807, 2.05) is 0 Å². The Morgan fingerprint density at radius 1 is 0.875 bits per heavy atom. The molecule has 1 aromatic carbocycles. The quantitative estimate of drug-likeness (QED) is 0.641. The van der Waals surface area contributed by atoms with Gasteiger partial charge in [0.1, 0.15) is 17.2 Å². The summed E-state index contributed by atoms with van der Waals surface area (Å²) in [6, 6.07) is 2.50. The van der Waals surface area contributed by atoms with Crippen LogP contribution in [0.1, 0.15) is 11.1 Å². The number of fused-ring (bicyclic) bond motifs is 1. The number of aromatic amines is 1. The van der Waals surface area contributed by atoms with E-state index in [1.54, 1.807) is 0 Å². The van der Waals surface area contributed by atoms with Gasteiger partial charge in [0.25, 0.3) is 0 Å². The van der Waals surface area contributed by atoms with Crippen molar-refractivity contribution >= 4 is 11.2 Å². The fourth-order valence-electron chi connectivity index (χ4n) is 2.06. The van der Waals surface area contributed by atoms with Gasteiger partial charge in [0.05, 0.1) is 16.7 Å². The van der Waals surface area contributed by atoms with E-state index in [0.29, 0.717) is 18.3 Å². The van der Waals surface area contributed by atoms with E-state index in [4.69, 9.17) is 0 Å². The highest BCUT2D eigenvalue weighted by atomic mass is 19.4. The Balaban J connectivity index is 2.07. The normalized spacial score (nSPS) is 12.8. The fraction of sp³-hybridized carbons (Fsp3) is 0.143. The maximum absolute atomic E-state index is 13.9. The van der Waals surface area contributed by atoms with Crippen molar-refractivity contribution in [1.82, 2.24) is 15.0 Å². The molecule has 10 heteroatoms. The molecule has 0 bridgehead atoms. The Morgan fingerprint density at radius 2 is 1.54 bits per heavy atom. The first-order valence-corrected chi connectivity index (χ1v) is 6.36. The summed E-state index contributed by atoms with van der Waals surface area (Å²) in [5.41, 5.74) is -2.76. The maximum atomic E-state index is 13.9. The summed E-state index contributed by atoms with van der Waals surface area (Å²) in [4.78, 5) is 9.79. The van der Waals surface area contributed by atoms with Gasteiger partial charge in [-0.3, -0.25) is 0 Å². The third-order valence-electron chi connectivity index (χ3n) is 3.22. The lowest BCUT2D eigenvalue weighted by atomic mass is 10.1. The highest BCUT2D eigenvalue weighted by molar-refractivity contribution is 5.76. The predicted molar refractivity (Wildman–Crippen MR) is 69.3 cm³/mol. The van der Waals surface area contributed by atoms with Gasteiger partial charge in [-0.25, -0.2) is 14.4 Å². The minimum absolute atomic E-state index is 0.0442. The van der Waals surface area contributed by atoms with E-state index in [2.05, 4.69) is 15.0 Å². The second-order valence-electron chi connectivity index (χ2n) is 4.87. The zero-order valence-electron chi connectivity index (χ0n) is 11.4. The molecule has 126 valence electrons. The number of imidazole rings is 1. The van der Waals surface area contributed by atoms with Crippen LogP contribution in [0.5, 0.6) is 0 Å². The Morgan fingerprint density at radius 3 is 2.12 bits per heavy atom. The maximum Gasteiger partial charge on any atom is 0.417 e. The number of nitrogens with one attached hydrogen (secondary N) is 1. The SMILES string of the molecule is Fc1cc(C(F)(F)F)ccc1-c1nc2cc(C(F)(F)F)cnc2[nH]1. The lowest BCUT2D eigenvalue weighted by Gasteiger charge is -2.07. The molecule has 0 aliphatic rings. The molecule has 0 radical (unpaired) electrons. The molecular formula is C14H6F7N3. The summed E-state index contributed by atoms with van der Waals surface area (Å²) in [5.74, 6) is -1.43. The Hall–Kier alpha value is -2.65. The van der Waals surface area contributed by atoms with E-state index in [-0.39, 0.29) is 28.6 Å². The van der Waals surface area contributed by atoms with Gasteiger partial charge in [-0.2, -0.15) is 26.3 Å². The van der Waals surface area contributed by atoms with Gasteiger partial charge in [-0.1, -0.05) is 0 Å². The average Bonchev–Trinajstić information content (AvgIpc) is 2.87. The molecule has 0 aliphatic heterocycles. The molecule has 0 spiro atoms. The Labute approximate surface area is 129 Å². The molecule has 0 saturated heterocycles. The van der Waals surface area contributed by atoms with Crippen LogP contribution < -0.4 is 0 Å². The van der Waals surface area contributed by atoms with E-state index in [9.17, 15) is 30.7 Å². The van der Waals surface area contributed by atoms with Gasteiger partial charge < -0.3 is 4.98 Å². The molecule has 3 nitrogen and oxygen atoms in total. The number of alkyl halides is 6. The monoisotopic (exact) mass is 349 g/mol. The third-order valence-corrected chi connectivity index (χ3v) is 3.22. The summed E-state index contributed by atoms with van der Waals surface area (Å²) < 4.78 is 89.3. The van der Waals surface area contributed by atoms with E-state index in [0.717, 1.165) is 6.07 Å². The summed E-state index contributed by atoms with van der Waals surface area (Å²) in [6.45, 7) is 0. The minimum atomic E-state index is -4.71. The third kappa shape index (κ3) is 2.91. The Kier molecular flexibility index (Phi) is 3.50. The Bertz CT molecular complexity index is 909. The molecule has 24 heavy (non-hydrogen) atoms. The van der Waals surface area contributed by atoms with Crippen LogP contribution in [-0.2, 0) is 12.4 Å². The molecule has 3 aromatic rings. The van der Waals surface area contributed by atoms with Crippen molar-refractivity contribution in [3.8, 4) is 11.4 Å². The topological polar surface area (TPSA) is 41.6 Å². The molecule has 0 aliphatic carbocycles. The summed E-state index contributed by atoms with van der Waals surface area (Å²) in [6.07, 6.45) is -8.76. The molecule has 0 atom stereocenters. The molecule has 0 unspecified atom stereocenters. The van der Waals surface area contributed by atoms with Crippen molar-refractivity contribution < 1.29 is 30.7 Å². The number of hydrogen-bond donors (Lipinski definition) is 1. The number of pyridine rings is 1. The number of H-pyrrole nitrogens is 1. The van der Waals surface area contributed by atoms with Crippen LogP contribution in [-0.4, -0.2) is 15.0 Å². The largest absolute Gasteiger partial charge is 0.417 e. The van der Waals surface area contributed by atoms with Crippen LogP contribution in [0.15, 0.2) is 30.5 Å². The van der Waals surface area contributed by atoms with Crippen LogP contribution in [0.25, 0.3) is 22.6 Å². The number of benzene rings is 1. The van der Waals surface area contributed by atoms with Gasteiger partial charge in [0, 0.05) is 6.20 Å². The average molecular weight is 349 g/mol. The van der Waals surface area contributed by atoms with Crippen molar-refractivity contribution in [3.05, 3.63) is 47.4 Å². The first-order chi connectivity index (χ1) is 11.1. The van der Waals surface area contributed by atoms with E-state index >= 15 is 0 Å². The standard InChI is InChI=1S/C14H6F7N3/c15-9-3-6(13(16,17)18)1-2-8(9)11-23-10-4-7(14(19,20)21)5-22-12(10)24-11/h1-5H,(H,22,23,24).